The van der Waals surface area contributed by atoms with Gasteiger partial charge in [-0.1, -0.05) is 72.8 Å². The number of benzene rings is 2. The summed E-state index contributed by atoms with van der Waals surface area (Å²) in [5, 5.41) is 0. The van der Waals surface area contributed by atoms with Crippen molar-refractivity contribution >= 4 is 0 Å². The Morgan fingerprint density at radius 3 is 1.20 bits per heavy atom. The van der Waals surface area contributed by atoms with E-state index in [-0.39, 0.29) is 5.92 Å². The molecule has 0 bridgehead atoms. The van der Waals surface area contributed by atoms with Crippen molar-refractivity contribution in [3.05, 3.63) is 114 Å². The van der Waals surface area contributed by atoms with E-state index in [0.29, 0.717) is 23.3 Å². The topological polar surface area (TPSA) is 90.2 Å². The summed E-state index contributed by atoms with van der Waals surface area (Å²) in [6.45, 7) is 7.93. The van der Waals surface area contributed by atoms with E-state index >= 15 is 0 Å². The molecule has 6 rings (SSSR count). The molecule has 196 valence electrons. The van der Waals surface area contributed by atoms with Crippen LogP contribution < -0.4 is 0 Å². The molecule has 0 saturated heterocycles. The summed E-state index contributed by atoms with van der Waals surface area (Å²) in [6.07, 6.45) is 9.25. The average Bonchev–Trinajstić information content (AvgIpc) is 2.96. The minimum absolute atomic E-state index is 0.0939. The normalized spacial score (nSPS) is 14.4. The van der Waals surface area contributed by atoms with Crippen LogP contribution in [0.4, 0.5) is 0 Å². The van der Waals surface area contributed by atoms with Crippen molar-refractivity contribution in [1.82, 2.24) is 34.9 Å². The first-order chi connectivity index (χ1) is 19.4. The van der Waals surface area contributed by atoms with Crippen molar-refractivity contribution in [2.24, 2.45) is 0 Å². The second kappa shape index (κ2) is 10.7. The number of allylic oxidation sites excluding steroid dienone is 4. The molecule has 0 spiro atoms. The van der Waals surface area contributed by atoms with Gasteiger partial charge in [-0.25, -0.2) is 34.9 Å². The largest absolute Gasteiger partial charge is 0.233 e. The number of hydrogen-bond donors (Lipinski definition) is 0. The molecule has 0 radical (unpaired) electrons. The molecule has 7 heteroatoms. The van der Waals surface area contributed by atoms with E-state index in [1.165, 1.54) is 0 Å². The zero-order valence-electron chi connectivity index (χ0n) is 23.0. The van der Waals surface area contributed by atoms with Gasteiger partial charge < -0.3 is 0 Å². The Morgan fingerprint density at radius 2 is 0.850 bits per heavy atom. The van der Waals surface area contributed by atoms with Gasteiger partial charge in [-0.2, -0.15) is 0 Å². The zero-order chi connectivity index (χ0) is 27.6. The number of nitrogens with zero attached hydrogens (tertiary/aromatic N) is 7. The highest BCUT2D eigenvalue weighted by Crippen LogP contribution is 2.29. The lowest BCUT2D eigenvalue weighted by atomic mass is 10.00. The van der Waals surface area contributed by atoms with Gasteiger partial charge in [0.05, 0.1) is 0 Å². The molecule has 0 aliphatic heterocycles. The Kier molecular flexibility index (Phi) is 6.78. The van der Waals surface area contributed by atoms with Crippen molar-refractivity contribution in [3.63, 3.8) is 0 Å². The van der Waals surface area contributed by atoms with Crippen LogP contribution in [0.3, 0.4) is 0 Å². The molecule has 1 aliphatic carbocycles. The van der Waals surface area contributed by atoms with Crippen LogP contribution in [0.15, 0.2) is 85.0 Å². The van der Waals surface area contributed by atoms with Crippen LogP contribution in [0, 0.1) is 27.7 Å². The lowest BCUT2D eigenvalue weighted by Gasteiger charge is -2.14. The fraction of sp³-hybridized carbons (Fsp3) is 0.182. The highest BCUT2D eigenvalue weighted by Gasteiger charge is 2.18. The van der Waals surface area contributed by atoms with E-state index in [4.69, 9.17) is 15.0 Å². The summed E-state index contributed by atoms with van der Waals surface area (Å²) < 4.78 is 0. The molecule has 7 nitrogen and oxygen atoms in total. The van der Waals surface area contributed by atoms with Gasteiger partial charge in [0.25, 0.3) is 0 Å². The van der Waals surface area contributed by atoms with E-state index in [9.17, 15) is 0 Å². The van der Waals surface area contributed by atoms with Crippen molar-refractivity contribution in [1.29, 1.82) is 0 Å². The highest BCUT2D eigenvalue weighted by atomic mass is 15.0. The van der Waals surface area contributed by atoms with Gasteiger partial charge in [-0.05, 0) is 46.2 Å². The third kappa shape index (κ3) is 5.45. The molecule has 40 heavy (non-hydrogen) atoms. The minimum atomic E-state index is 0.0939. The molecule has 2 aromatic carbocycles. The molecule has 1 aliphatic rings. The van der Waals surface area contributed by atoms with Crippen molar-refractivity contribution < 1.29 is 0 Å². The Morgan fingerprint density at radius 1 is 0.475 bits per heavy atom. The van der Waals surface area contributed by atoms with Crippen LogP contribution in [0.2, 0.25) is 0 Å². The first kappa shape index (κ1) is 25.4. The van der Waals surface area contributed by atoms with E-state index in [1.807, 2.05) is 88.4 Å². The fourth-order valence-electron chi connectivity index (χ4n) is 4.84. The van der Waals surface area contributed by atoms with Crippen molar-refractivity contribution in [2.45, 2.75) is 40.0 Å². The first-order valence-corrected chi connectivity index (χ1v) is 13.4. The smallest absolute Gasteiger partial charge is 0.163 e. The monoisotopic (exact) mass is 523 g/mol. The summed E-state index contributed by atoms with van der Waals surface area (Å²) in [4.78, 5) is 33.1. The number of aromatic nitrogens is 7. The molecule has 3 aromatic heterocycles. The number of rotatable bonds is 5. The summed E-state index contributed by atoms with van der Waals surface area (Å²) in [7, 11) is 0. The van der Waals surface area contributed by atoms with Crippen LogP contribution in [0.5, 0.6) is 0 Å². The van der Waals surface area contributed by atoms with Gasteiger partial charge in [0.2, 0.25) is 0 Å². The Hall–Kier alpha value is -4.91. The van der Waals surface area contributed by atoms with Gasteiger partial charge in [0, 0.05) is 50.9 Å². The summed E-state index contributed by atoms with van der Waals surface area (Å²) in [5.74, 6) is 3.55. The second-order valence-electron chi connectivity index (χ2n) is 10.1. The quantitative estimate of drug-likeness (QED) is 0.246. The van der Waals surface area contributed by atoms with Crippen LogP contribution >= 0.6 is 0 Å². The third-order valence-corrected chi connectivity index (χ3v) is 6.73. The van der Waals surface area contributed by atoms with E-state index in [1.54, 1.807) is 0 Å². The maximum Gasteiger partial charge on any atom is 0.163 e. The predicted octanol–water partition coefficient (Wildman–Crippen LogP) is 6.95. The molecule has 1 atom stereocenters. The lowest BCUT2D eigenvalue weighted by Crippen LogP contribution is -2.07. The summed E-state index contributed by atoms with van der Waals surface area (Å²) >= 11 is 0. The van der Waals surface area contributed by atoms with Crippen LogP contribution in [-0.2, 0) is 0 Å². The fourth-order valence-corrected chi connectivity index (χ4v) is 4.84. The highest BCUT2D eigenvalue weighted by molar-refractivity contribution is 5.67. The number of hydrogen-bond acceptors (Lipinski definition) is 7. The molecular weight excluding hydrogens is 494 g/mol. The summed E-state index contributed by atoms with van der Waals surface area (Å²) in [5.41, 5.74) is 7.52. The summed E-state index contributed by atoms with van der Waals surface area (Å²) in [6, 6.07) is 20.1. The molecule has 0 saturated carbocycles. The molecule has 0 N–H and O–H groups in total. The first-order valence-electron chi connectivity index (χ1n) is 13.4. The molecule has 3 heterocycles. The lowest BCUT2D eigenvalue weighted by molar-refractivity contribution is 0.764. The van der Waals surface area contributed by atoms with Crippen molar-refractivity contribution in [2.75, 3.05) is 0 Å². The minimum Gasteiger partial charge on any atom is -0.233 e. The molecule has 5 aromatic rings. The molecular formula is C33H29N7. The van der Waals surface area contributed by atoms with Crippen LogP contribution in [0.1, 0.15) is 40.9 Å². The van der Waals surface area contributed by atoms with E-state index in [2.05, 4.69) is 44.2 Å². The molecule has 1 unspecified atom stereocenters. The Balaban J connectivity index is 1.38. The van der Waals surface area contributed by atoms with Crippen LogP contribution in [-0.4, -0.2) is 34.9 Å². The van der Waals surface area contributed by atoms with E-state index < -0.39 is 0 Å². The molecule has 0 amide bonds. The second-order valence-corrected chi connectivity index (χ2v) is 10.1. The third-order valence-electron chi connectivity index (χ3n) is 6.73. The van der Waals surface area contributed by atoms with E-state index in [0.717, 1.165) is 57.3 Å². The van der Waals surface area contributed by atoms with Crippen molar-refractivity contribution in [3.8, 4) is 45.6 Å². The Labute approximate surface area is 233 Å². The van der Waals surface area contributed by atoms with Gasteiger partial charge in [0.1, 0.15) is 5.82 Å². The Bertz CT molecular complexity index is 1600. The van der Waals surface area contributed by atoms with Gasteiger partial charge >= 0.3 is 0 Å². The predicted molar refractivity (Wildman–Crippen MR) is 157 cm³/mol. The average molecular weight is 524 g/mol. The maximum atomic E-state index is 4.91. The van der Waals surface area contributed by atoms with Gasteiger partial charge in [-0.3, -0.25) is 0 Å². The maximum absolute atomic E-state index is 4.91. The zero-order valence-corrected chi connectivity index (χ0v) is 23.0. The standard InChI is InChI=1S/C33H29N7/c1-20-18-21(2)35-29(34-20)25-10-14-27(15-11-25)32-38-31(24-8-6-5-7-9-24)39-33(40-32)28-16-12-26(13-17-28)30-36-22(3)19-23(4)37-30/h5-8,10-19,24H,9H2,1-4H3. The van der Waals surface area contributed by atoms with Gasteiger partial charge in [0.15, 0.2) is 23.3 Å². The van der Waals surface area contributed by atoms with Gasteiger partial charge in [-0.15, -0.1) is 0 Å². The number of aryl methyl sites for hydroxylation is 4. The SMILES string of the molecule is Cc1cc(C)nc(-c2ccc(-c3nc(-c4ccc(-c5nc(C)cc(C)n5)cc4)nc(C4C=CC=CC4)n3)cc2)n1. The molecule has 0 fully saturated rings. The van der Waals surface area contributed by atoms with Crippen LogP contribution in [0.25, 0.3) is 45.6 Å².